The number of hydrogen-bond acceptors (Lipinski definition) is 2. The monoisotopic (exact) mass is 324 g/mol. The van der Waals surface area contributed by atoms with Crippen LogP contribution in [0.25, 0.3) is 0 Å². The molecule has 0 aromatic heterocycles. The molecule has 2 N–H and O–H groups in total. The Labute approximate surface area is 121 Å². The lowest BCUT2D eigenvalue weighted by atomic mass is 9.98. The standard InChI is InChI=1S/C14H17BrN2O2/c1-8-3-4-12(15)10(5-8)14(19)17-6-9(2)11(7-17)13(16)18/h3-5,9,11H,6-7H2,1-2H3,(H2,16,18)/t9-,11-/m1/s1. The molecular formula is C14H17BrN2O2. The maximum atomic E-state index is 12.5. The fourth-order valence-corrected chi connectivity index (χ4v) is 2.89. The molecule has 2 atom stereocenters. The number of halogens is 1. The number of carbonyl (C=O) groups is 2. The van der Waals surface area contributed by atoms with E-state index in [0.717, 1.165) is 10.0 Å². The van der Waals surface area contributed by atoms with Crippen LogP contribution in [0.15, 0.2) is 22.7 Å². The van der Waals surface area contributed by atoms with E-state index in [-0.39, 0.29) is 23.7 Å². The molecule has 1 fully saturated rings. The smallest absolute Gasteiger partial charge is 0.255 e. The van der Waals surface area contributed by atoms with Gasteiger partial charge in [0.25, 0.3) is 5.91 Å². The average molecular weight is 325 g/mol. The van der Waals surface area contributed by atoms with Gasteiger partial charge in [-0.05, 0) is 40.9 Å². The predicted octanol–water partition coefficient (Wildman–Crippen LogP) is 1.95. The summed E-state index contributed by atoms with van der Waals surface area (Å²) in [6.07, 6.45) is 0. The zero-order chi connectivity index (χ0) is 14.2. The number of primary amides is 1. The van der Waals surface area contributed by atoms with E-state index in [1.54, 1.807) is 4.90 Å². The minimum Gasteiger partial charge on any atom is -0.369 e. The van der Waals surface area contributed by atoms with Crippen LogP contribution in [-0.4, -0.2) is 29.8 Å². The van der Waals surface area contributed by atoms with Gasteiger partial charge >= 0.3 is 0 Å². The molecule has 1 aromatic carbocycles. The summed E-state index contributed by atoms with van der Waals surface area (Å²) in [6, 6.07) is 5.67. The molecule has 2 rings (SSSR count). The number of hydrogen-bond donors (Lipinski definition) is 1. The third-order valence-corrected chi connectivity index (χ3v) is 4.31. The zero-order valence-corrected chi connectivity index (χ0v) is 12.6. The van der Waals surface area contributed by atoms with Crippen LogP contribution < -0.4 is 5.73 Å². The number of rotatable bonds is 2. The highest BCUT2D eigenvalue weighted by molar-refractivity contribution is 9.10. The van der Waals surface area contributed by atoms with Crippen molar-refractivity contribution < 1.29 is 9.59 Å². The van der Waals surface area contributed by atoms with E-state index >= 15 is 0 Å². The van der Waals surface area contributed by atoms with Crippen molar-refractivity contribution in [2.75, 3.05) is 13.1 Å². The van der Waals surface area contributed by atoms with Gasteiger partial charge in [0.05, 0.1) is 11.5 Å². The SMILES string of the molecule is Cc1ccc(Br)c(C(=O)N2C[C@@H](C)[C@H](C(N)=O)C2)c1. The van der Waals surface area contributed by atoms with Gasteiger partial charge in [0, 0.05) is 17.6 Å². The summed E-state index contributed by atoms with van der Waals surface area (Å²) in [5.41, 5.74) is 7.03. The van der Waals surface area contributed by atoms with Crippen LogP contribution in [0.4, 0.5) is 0 Å². The second-order valence-electron chi connectivity index (χ2n) is 5.18. The van der Waals surface area contributed by atoms with Gasteiger partial charge in [-0.3, -0.25) is 9.59 Å². The molecule has 5 heteroatoms. The molecule has 4 nitrogen and oxygen atoms in total. The molecule has 0 radical (unpaired) electrons. The molecule has 2 amide bonds. The number of aryl methyl sites for hydroxylation is 1. The second-order valence-corrected chi connectivity index (χ2v) is 6.03. The first kappa shape index (κ1) is 14.1. The summed E-state index contributed by atoms with van der Waals surface area (Å²) in [4.78, 5) is 25.5. The summed E-state index contributed by atoms with van der Waals surface area (Å²) >= 11 is 3.40. The Hall–Kier alpha value is -1.36. The quantitative estimate of drug-likeness (QED) is 0.903. The number of benzene rings is 1. The van der Waals surface area contributed by atoms with E-state index in [9.17, 15) is 9.59 Å². The van der Waals surface area contributed by atoms with E-state index in [0.29, 0.717) is 18.7 Å². The van der Waals surface area contributed by atoms with Gasteiger partial charge in [0.2, 0.25) is 5.91 Å². The number of nitrogens with zero attached hydrogens (tertiary/aromatic N) is 1. The summed E-state index contributed by atoms with van der Waals surface area (Å²) in [6.45, 7) is 4.89. The Bertz CT molecular complexity index is 530. The molecule has 0 aliphatic carbocycles. The Morgan fingerprint density at radius 3 is 2.63 bits per heavy atom. The minimum absolute atomic E-state index is 0.0498. The molecule has 1 heterocycles. The average Bonchev–Trinajstić information content (AvgIpc) is 2.74. The van der Waals surface area contributed by atoms with Crippen LogP contribution in [0.3, 0.4) is 0 Å². The largest absolute Gasteiger partial charge is 0.369 e. The number of amides is 2. The van der Waals surface area contributed by atoms with Crippen molar-refractivity contribution in [1.82, 2.24) is 4.90 Å². The first-order chi connectivity index (χ1) is 8.90. The third kappa shape index (κ3) is 2.81. The van der Waals surface area contributed by atoms with Crippen LogP contribution in [0.1, 0.15) is 22.8 Å². The maximum absolute atomic E-state index is 12.5. The molecule has 0 unspecified atom stereocenters. The number of likely N-dealkylation sites (tertiary alicyclic amines) is 1. The van der Waals surface area contributed by atoms with Crippen molar-refractivity contribution in [3.63, 3.8) is 0 Å². The van der Waals surface area contributed by atoms with Gasteiger partial charge in [-0.2, -0.15) is 0 Å². The van der Waals surface area contributed by atoms with E-state index in [2.05, 4.69) is 15.9 Å². The fraction of sp³-hybridized carbons (Fsp3) is 0.429. The zero-order valence-electron chi connectivity index (χ0n) is 11.0. The van der Waals surface area contributed by atoms with Crippen molar-refractivity contribution >= 4 is 27.7 Å². The Balaban J connectivity index is 2.22. The van der Waals surface area contributed by atoms with Crippen LogP contribution in [-0.2, 0) is 4.79 Å². The van der Waals surface area contributed by atoms with Crippen LogP contribution in [0.5, 0.6) is 0 Å². The van der Waals surface area contributed by atoms with Crippen molar-refractivity contribution in [3.05, 3.63) is 33.8 Å². The highest BCUT2D eigenvalue weighted by atomic mass is 79.9. The molecule has 19 heavy (non-hydrogen) atoms. The molecule has 0 spiro atoms. The molecule has 0 saturated carbocycles. The lowest BCUT2D eigenvalue weighted by Gasteiger charge is -2.17. The summed E-state index contributed by atoms with van der Waals surface area (Å²) in [5, 5.41) is 0. The molecular weight excluding hydrogens is 308 g/mol. The van der Waals surface area contributed by atoms with Gasteiger partial charge < -0.3 is 10.6 Å². The summed E-state index contributed by atoms with van der Waals surface area (Å²) < 4.78 is 0.776. The number of nitrogens with two attached hydrogens (primary N) is 1. The van der Waals surface area contributed by atoms with Crippen molar-refractivity contribution in [2.45, 2.75) is 13.8 Å². The predicted molar refractivity (Wildman–Crippen MR) is 76.6 cm³/mol. The molecule has 1 aliphatic heterocycles. The van der Waals surface area contributed by atoms with Crippen molar-refractivity contribution in [1.29, 1.82) is 0 Å². The van der Waals surface area contributed by atoms with E-state index in [4.69, 9.17) is 5.73 Å². The lowest BCUT2D eigenvalue weighted by molar-refractivity contribution is -0.122. The fourth-order valence-electron chi connectivity index (χ4n) is 2.48. The normalized spacial score (nSPS) is 22.6. The Morgan fingerprint density at radius 1 is 1.37 bits per heavy atom. The summed E-state index contributed by atoms with van der Waals surface area (Å²) in [7, 11) is 0. The topological polar surface area (TPSA) is 63.4 Å². The van der Waals surface area contributed by atoms with Crippen LogP contribution in [0, 0.1) is 18.8 Å². The Kier molecular flexibility index (Phi) is 3.94. The van der Waals surface area contributed by atoms with Crippen molar-refractivity contribution in [3.8, 4) is 0 Å². The maximum Gasteiger partial charge on any atom is 0.255 e. The van der Waals surface area contributed by atoms with Gasteiger partial charge in [-0.15, -0.1) is 0 Å². The Morgan fingerprint density at radius 2 is 2.05 bits per heavy atom. The lowest BCUT2D eigenvalue weighted by Crippen LogP contribution is -2.32. The van der Waals surface area contributed by atoms with Crippen LogP contribution >= 0.6 is 15.9 Å². The van der Waals surface area contributed by atoms with Gasteiger partial charge in [-0.1, -0.05) is 18.6 Å². The molecule has 0 bridgehead atoms. The highest BCUT2D eigenvalue weighted by Crippen LogP contribution is 2.26. The van der Waals surface area contributed by atoms with Gasteiger partial charge in [0.15, 0.2) is 0 Å². The van der Waals surface area contributed by atoms with Crippen LogP contribution in [0.2, 0.25) is 0 Å². The molecule has 1 aromatic rings. The molecule has 1 aliphatic rings. The number of carbonyl (C=O) groups excluding carboxylic acids is 2. The van der Waals surface area contributed by atoms with Gasteiger partial charge in [0.1, 0.15) is 0 Å². The third-order valence-electron chi connectivity index (χ3n) is 3.62. The highest BCUT2D eigenvalue weighted by Gasteiger charge is 2.36. The molecule has 1 saturated heterocycles. The minimum atomic E-state index is -0.328. The van der Waals surface area contributed by atoms with E-state index in [1.165, 1.54) is 0 Å². The summed E-state index contributed by atoms with van der Waals surface area (Å²) in [5.74, 6) is -0.505. The molecule has 102 valence electrons. The van der Waals surface area contributed by atoms with E-state index in [1.807, 2.05) is 32.0 Å². The second kappa shape index (κ2) is 5.33. The van der Waals surface area contributed by atoms with Gasteiger partial charge in [-0.25, -0.2) is 0 Å². The first-order valence-electron chi connectivity index (χ1n) is 6.25. The van der Waals surface area contributed by atoms with E-state index < -0.39 is 0 Å². The van der Waals surface area contributed by atoms with Crippen molar-refractivity contribution in [2.24, 2.45) is 17.6 Å². The first-order valence-corrected chi connectivity index (χ1v) is 7.04.